The van der Waals surface area contributed by atoms with E-state index in [1.54, 1.807) is 0 Å². The van der Waals surface area contributed by atoms with Gasteiger partial charge >= 0.3 is 6.18 Å². The van der Waals surface area contributed by atoms with Crippen LogP contribution in [0.3, 0.4) is 0 Å². The lowest BCUT2D eigenvalue weighted by Gasteiger charge is -2.16. The summed E-state index contributed by atoms with van der Waals surface area (Å²) < 4.78 is 39.3. The summed E-state index contributed by atoms with van der Waals surface area (Å²) in [5, 5.41) is 4.06. The summed E-state index contributed by atoms with van der Waals surface area (Å²) in [6, 6.07) is 12.3. The van der Waals surface area contributed by atoms with Crippen molar-refractivity contribution < 1.29 is 13.2 Å². The van der Waals surface area contributed by atoms with Crippen LogP contribution in [0.25, 0.3) is 0 Å². The molecular formula is C15H12F3N3. The van der Waals surface area contributed by atoms with Crippen LogP contribution in [-0.4, -0.2) is 17.2 Å². The normalized spacial score (nSPS) is 18.2. The molecule has 0 saturated heterocycles. The van der Waals surface area contributed by atoms with Gasteiger partial charge in [-0.15, -0.1) is 0 Å². The standard InChI is InChI=1S/C15H12F3N3/c16-15(17,18)14-11(7-4-8-19-14)13-12(9-20-21-13)10-5-2-1-3-6-10/h1-8,12,20H,9H2. The Balaban J connectivity index is 2.05. The molecule has 1 unspecified atom stereocenters. The van der Waals surface area contributed by atoms with Gasteiger partial charge in [-0.2, -0.15) is 18.3 Å². The predicted octanol–water partition coefficient (Wildman–Crippen LogP) is 3.19. The van der Waals surface area contributed by atoms with Crippen LogP contribution in [0.2, 0.25) is 0 Å². The smallest absolute Gasteiger partial charge is 0.309 e. The van der Waals surface area contributed by atoms with E-state index in [1.165, 1.54) is 12.1 Å². The zero-order chi connectivity index (χ0) is 14.9. The van der Waals surface area contributed by atoms with Crippen molar-refractivity contribution in [2.75, 3.05) is 6.54 Å². The molecule has 1 atom stereocenters. The topological polar surface area (TPSA) is 37.3 Å². The highest BCUT2D eigenvalue weighted by Crippen LogP contribution is 2.33. The van der Waals surface area contributed by atoms with Crippen molar-refractivity contribution in [2.24, 2.45) is 5.10 Å². The minimum absolute atomic E-state index is 0.0313. The molecule has 1 aliphatic rings. The Morgan fingerprint density at radius 2 is 1.81 bits per heavy atom. The molecule has 2 heterocycles. The van der Waals surface area contributed by atoms with Crippen molar-refractivity contribution in [2.45, 2.75) is 12.1 Å². The van der Waals surface area contributed by atoms with Gasteiger partial charge in [0.05, 0.1) is 5.71 Å². The van der Waals surface area contributed by atoms with Gasteiger partial charge in [0.2, 0.25) is 0 Å². The minimum Gasteiger partial charge on any atom is -0.309 e. The molecule has 0 bridgehead atoms. The Labute approximate surface area is 119 Å². The number of hydrogen-bond acceptors (Lipinski definition) is 3. The predicted molar refractivity (Wildman–Crippen MR) is 73.0 cm³/mol. The van der Waals surface area contributed by atoms with Gasteiger partial charge in [-0.05, 0) is 17.7 Å². The Hall–Kier alpha value is -2.37. The molecule has 0 saturated carbocycles. The number of hydrazone groups is 1. The lowest BCUT2D eigenvalue weighted by atomic mass is 9.90. The Kier molecular flexibility index (Phi) is 3.37. The summed E-state index contributed by atoms with van der Waals surface area (Å²) in [7, 11) is 0. The molecule has 2 aromatic rings. The van der Waals surface area contributed by atoms with E-state index in [1.807, 2.05) is 30.3 Å². The van der Waals surface area contributed by atoms with Crippen molar-refractivity contribution in [3.8, 4) is 0 Å². The third-order valence-corrected chi connectivity index (χ3v) is 3.38. The number of pyridine rings is 1. The van der Waals surface area contributed by atoms with Crippen LogP contribution >= 0.6 is 0 Å². The maximum atomic E-state index is 13.1. The van der Waals surface area contributed by atoms with Gasteiger partial charge in [-0.3, -0.25) is 4.98 Å². The summed E-state index contributed by atoms with van der Waals surface area (Å²) >= 11 is 0. The van der Waals surface area contributed by atoms with Gasteiger partial charge < -0.3 is 5.43 Å². The van der Waals surface area contributed by atoms with E-state index < -0.39 is 11.9 Å². The number of benzene rings is 1. The largest absolute Gasteiger partial charge is 0.434 e. The maximum absolute atomic E-state index is 13.1. The third-order valence-electron chi connectivity index (χ3n) is 3.38. The first-order chi connectivity index (χ1) is 10.1. The number of alkyl halides is 3. The van der Waals surface area contributed by atoms with Crippen LogP contribution < -0.4 is 5.43 Å². The van der Waals surface area contributed by atoms with Crippen molar-refractivity contribution in [3.05, 3.63) is 65.5 Å². The van der Waals surface area contributed by atoms with E-state index in [2.05, 4.69) is 15.5 Å². The number of rotatable bonds is 2. The minimum atomic E-state index is -4.50. The van der Waals surface area contributed by atoms with Gasteiger partial charge in [0.1, 0.15) is 0 Å². The van der Waals surface area contributed by atoms with E-state index >= 15 is 0 Å². The van der Waals surface area contributed by atoms with Gasteiger partial charge in [0, 0.05) is 24.2 Å². The monoisotopic (exact) mass is 291 g/mol. The molecule has 1 aliphatic heterocycles. The first-order valence-corrected chi connectivity index (χ1v) is 6.45. The molecule has 3 nitrogen and oxygen atoms in total. The highest BCUT2D eigenvalue weighted by molar-refractivity contribution is 6.07. The summed E-state index contributed by atoms with van der Waals surface area (Å²) in [4.78, 5) is 3.49. The van der Waals surface area contributed by atoms with Crippen molar-refractivity contribution in [1.29, 1.82) is 0 Å². The second-order valence-corrected chi connectivity index (χ2v) is 4.72. The van der Waals surface area contributed by atoms with E-state index in [0.29, 0.717) is 12.3 Å². The Bertz CT molecular complexity index is 665. The van der Waals surface area contributed by atoms with Crippen LogP contribution in [0.5, 0.6) is 0 Å². The van der Waals surface area contributed by atoms with Crippen LogP contribution in [0.15, 0.2) is 53.8 Å². The summed E-state index contributed by atoms with van der Waals surface area (Å²) in [6.45, 7) is 0.478. The molecule has 3 rings (SSSR count). The molecule has 1 aromatic heterocycles. The molecule has 21 heavy (non-hydrogen) atoms. The van der Waals surface area contributed by atoms with E-state index in [4.69, 9.17) is 0 Å². The highest BCUT2D eigenvalue weighted by atomic mass is 19.4. The molecule has 108 valence electrons. The molecule has 0 radical (unpaired) electrons. The van der Waals surface area contributed by atoms with Crippen molar-refractivity contribution >= 4 is 5.71 Å². The Morgan fingerprint density at radius 3 is 2.52 bits per heavy atom. The molecule has 1 aromatic carbocycles. The molecule has 6 heteroatoms. The number of halogens is 3. The third kappa shape index (κ3) is 2.61. The number of nitrogens with zero attached hydrogens (tertiary/aromatic N) is 2. The first-order valence-electron chi connectivity index (χ1n) is 6.45. The van der Waals surface area contributed by atoms with Crippen LogP contribution in [0.1, 0.15) is 22.7 Å². The van der Waals surface area contributed by atoms with E-state index in [0.717, 1.165) is 11.8 Å². The van der Waals surface area contributed by atoms with Gasteiger partial charge in [0.25, 0.3) is 0 Å². The van der Waals surface area contributed by atoms with Gasteiger partial charge in [-0.25, -0.2) is 0 Å². The zero-order valence-corrected chi connectivity index (χ0v) is 10.9. The zero-order valence-electron chi connectivity index (χ0n) is 10.9. The number of hydrogen-bond donors (Lipinski definition) is 1. The van der Waals surface area contributed by atoms with E-state index in [-0.39, 0.29) is 11.5 Å². The Morgan fingerprint density at radius 1 is 1.05 bits per heavy atom. The number of aromatic nitrogens is 1. The van der Waals surface area contributed by atoms with Crippen molar-refractivity contribution in [3.63, 3.8) is 0 Å². The summed E-state index contributed by atoms with van der Waals surface area (Å²) in [5.41, 5.74) is 3.23. The fourth-order valence-corrected chi connectivity index (χ4v) is 2.44. The van der Waals surface area contributed by atoms with Gasteiger partial charge in [0.15, 0.2) is 5.69 Å². The maximum Gasteiger partial charge on any atom is 0.434 e. The van der Waals surface area contributed by atoms with Crippen LogP contribution in [0.4, 0.5) is 13.2 Å². The highest BCUT2D eigenvalue weighted by Gasteiger charge is 2.38. The summed E-state index contributed by atoms with van der Waals surface area (Å²) in [5.74, 6) is -0.212. The average molecular weight is 291 g/mol. The fraction of sp³-hybridized carbons (Fsp3) is 0.200. The SMILES string of the molecule is FC(F)(F)c1ncccc1C1=NNCC1c1ccccc1. The molecule has 0 amide bonds. The lowest BCUT2D eigenvalue weighted by molar-refractivity contribution is -0.141. The average Bonchev–Trinajstić information content (AvgIpc) is 2.96. The molecule has 1 N–H and O–H groups in total. The van der Waals surface area contributed by atoms with E-state index in [9.17, 15) is 13.2 Å². The van der Waals surface area contributed by atoms with Crippen LogP contribution in [0, 0.1) is 0 Å². The molecule has 0 fully saturated rings. The second kappa shape index (κ2) is 5.20. The number of nitrogens with one attached hydrogen (secondary N) is 1. The molecular weight excluding hydrogens is 279 g/mol. The quantitative estimate of drug-likeness (QED) is 0.922. The fourth-order valence-electron chi connectivity index (χ4n) is 2.44. The van der Waals surface area contributed by atoms with Crippen molar-refractivity contribution in [1.82, 2.24) is 10.4 Å². The molecule has 0 spiro atoms. The summed E-state index contributed by atoms with van der Waals surface area (Å²) in [6.07, 6.45) is -3.35. The lowest BCUT2D eigenvalue weighted by Crippen LogP contribution is -2.20. The van der Waals surface area contributed by atoms with Gasteiger partial charge in [-0.1, -0.05) is 30.3 Å². The second-order valence-electron chi connectivity index (χ2n) is 4.72. The first kappa shape index (κ1) is 13.6. The molecule has 0 aliphatic carbocycles. The van der Waals surface area contributed by atoms with Crippen LogP contribution in [-0.2, 0) is 6.18 Å².